The fourth-order valence-corrected chi connectivity index (χ4v) is 2.57. The molecule has 1 aliphatic rings. The van der Waals surface area contributed by atoms with Gasteiger partial charge in [-0.3, -0.25) is 0 Å². The molecule has 0 aliphatic carbocycles. The summed E-state index contributed by atoms with van der Waals surface area (Å²) in [6.07, 6.45) is -3.30. The topological polar surface area (TPSA) is 3.24 Å². The Labute approximate surface area is 123 Å². The molecule has 1 aromatic carbocycles. The third kappa shape index (κ3) is 3.49. The van der Waals surface area contributed by atoms with Crippen LogP contribution in [0.25, 0.3) is 0 Å². The minimum absolute atomic E-state index is 0.0199. The van der Waals surface area contributed by atoms with Crippen molar-refractivity contribution in [1.29, 1.82) is 0 Å². The molecule has 0 aromatic heterocycles. The number of alkyl halides is 6. The minimum atomic E-state index is -4.54. The Bertz CT molecular complexity index is 581. The summed E-state index contributed by atoms with van der Waals surface area (Å²) in [4.78, 5) is 1.41. The maximum Gasteiger partial charge on any atom is 0.416 e. The second kappa shape index (κ2) is 5.75. The molecule has 7 heteroatoms. The van der Waals surface area contributed by atoms with Crippen LogP contribution in [0.5, 0.6) is 0 Å². The molecule has 1 saturated heterocycles. The van der Waals surface area contributed by atoms with Gasteiger partial charge in [0.05, 0.1) is 17.2 Å². The number of benzene rings is 1. The molecular formula is C15H13F6N. The van der Waals surface area contributed by atoms with Gasteiger partial charge in [-0.05, 0) is 31.0 Å². The van der Waals surface area contributed by atoms with E-state index in [2.05, 4.69) is 5.92 Å². The molecule has 1 unspecified atom stereocenters. The van der Waals surface area contributed by atoms with Crippen LogP contribution >= 0.6 is 0 Å². The number of hydrogen-bond acceptors (Lipinski definition) is 1. The standard InChI is InChI=1S/C15H13F6N/c1-2-10-8-11(14(16,17)18)5-6-13(10)22-7-3-4-12(9-22)15(19,20)21/h1,5-6,8,12H,3-4,7,9H2. The summed E-state index contributed by atoms with van der Waals surface area (Å²) in [5, 5.41) is 0. The second-order valence-corrected chi connectivity index (χ2v) is 5.20. The quantitative estimate of drug-likeness (QED) is 0.545. The lowest BCUT2D eigenvalue weighted by atomic mass is 9.96. The summed E-state index contributed by atoms with van der Waals surface area (Å²) in [5.74, 6) is 0.645. The number of terminal acetylenes is 1. The predicted molar refractivity (Wildman–Crippen MR) is 70.4 cm³/mol. The monoisotopic (exact) mass is 321 g/mol. The zero-order valence-electron chi connectivity index (χ0n) is 11.4. The average Bonchev–Trinajstić information content (AvgIpc) is 2.45. The molecule has 22 heavy (non-hydrogen) atoms. The Balaban J connectivity index is 2.31. The van der Waals surface area contributed by atoms with Gasteiger partial charge < -0.3 is 4.90 Å². The van der Waals surface area contributed by atoms with Crippen molar-refractivity contribution >= 4 is 5.69 Å². The van der Waals surface area contributed by atoms with Gasteiger partial charge >= 0.3 is 12.4 Å². The highest BCUT2D eigenvalue weighted by Crippen LogP contribution is 2.37. The zero-order valence-corrected chi connectivity index (χ0v) is 11.4. The lowest BCUT2D eigenvalue weighted by Crippen LogP contribution is -2.42. The van der Waals surface area contributed by atoms with Gasteiger partial charge in [0.1, 0.15) is 0 Å². The Morgan fingerprint density at radius 2 is 1.82 bits per heavy atom. The van der Waals surface area contributed by atoms with Crippen LogP contribution in [0, 0.1) is 18.3 Å². The molecule has 2 rings (SSSR count). The first-order valence-corrected chi connectivity index (χ1v) is 6.62. The second-order valence-electron chi connectivity index (χ2n) is 5.20. The van der Waals surface area contributed by atoms with Gasteiger partial charge in [0.2, 0.25) is 0 Å². The highest BCUT2D eigenvalue weighted by molar-refractivity contribution is 5.62. The highest BCUT2D eigenvalue weighted by Gasteiger charge is 2.42. The summed E-state index contributed by atoms with van der Waals surface area (Å²) >= 11 is 0. The zero-order chi connectivity index (χ0) is 16.5. The fourth-order valence-electron chi connectivity index (χ4n) is 2.57. The van der Waals surface area contributed by atoms with Crippen molar-refractivity contribution < 1.29 is 26.3 Å². The fraction of sp³-hybridized carbons (Fsp3) is 0.467. The van der Waals surface area contributed by atoms with Gasteiger partial charge in [-0.15, -0.1) is 6.42 Å². The molecule has 0 N–H and O–H groups in total. The average molecular weight is 321 g/mol. The molecule has 0 radical (unpaired) electrons. The van der Waals surface area contributed by atoms with Crippen molar-refractivity contribution in [1.82, 2.24) is 0 Å². The first-order valence-electron chi connectivity index (χ1n) is 6.62. The molecule has 1 aromatic rings. The van der Waals surface area contributed by atoms with E-state index in [4.69, 9.17) is 6.42 Å². The molecule has 0 saturated carbocycles. The van der Waals surface area contributed by atoms with Gasteiger partial charge in [0.25, 0.3) is 0 Å². The smallest absolute Gasteiger partial charge is 0.370 e. The summed E-state index contributed by atoms with van der Waals surface area (Å²) in [6, 6.07) is 2.79. The van der Waals surface area contributed by atoms with E-state index >= 15 is 0 Å². The van der Waals surface area contributed by atoms with Crippen molar-refractivity contribution in [2.45, 2.75) is 25.2 Å². The van der Waals surface area contributed by atoms with E-state index in [-0.39, 0.29) is 24.2 Å². The van der Waals surface area contributed by atoms with Gasteiger partial charge in [-0.25, -0.2) is 0 Å². The molecule has 1 fully saturated rings. The van der Waals surface area contributed by atoms with Crippen LogP contribution in [-0.4, -0.2) is 19.3 Å². The summed E-state index contributed by atoms with van der Waals surface area (Å²) in [7, 11) is 0. The molecule has 0 bridgehead atoms. The number of halogens is 6. The van der Waals surface area contributed by atoms with Gasteiger partial charge in [-0.1, -0.05) is 5.92 Å². The minimum Gasteiger partial charge on any atom is -0.370 e. The normalized spacial score (nSPS) is 19.9. The third-order valence-electron chi connectivity index (χ3n) is 3.70. The highest BCUT2D eigenvalue weighted by atomic mass is 19.4. The van der Waals surface area contributed by atoms with Crippen LogP contribution in [0.15, 0.2) is 18.2 Å². The van der Waals surface area contributed by atoms with E-state index in [0.717, 1.165) is 18.2 Å². The maximum atomic E-state index is 12.8. The van der Waals surface area contributed by atoms with Crippen LogP contribution in [0.3, 0.4) is 0 Å². The number of anilines is 1. The summed E-state index contributed by atoms with van der Waals surface area (Å²) < 4.78 is 76.4. The van der Waals surface area contributed by atoms with Crippen molar-refractivity contribution in [3.8, 4) is 12.3 Å². The number of piperidine rings is 1. The van der Waals surface area contributed by atoms with E-state index in [9.17, 15) is 26.3 Å². The van der Waals surface area contributed by atoms with Gasteiger partial charge in [0.15, 0.2) is 0 Å². The third-order valence-corrected chi connectivity index (χ3v) is 3.70. The summed E-state index contributed by atoms with van der Waals surface area (Å²) in [6.45, 7) is 0.0518. The van der Waals surface area contributed by atoms with Crippen molar-refractivity contribution in [3.05, 3.63) is 29.3 Å². The van der Waals surface area contributed by atoms with E-state index in [0.29, 0.717) is 13.0 Å². The molecule has 120 valence electrons. The number of hydrogen-bond donors (Lipinski definition) is 0. The van der Waals surface area contributed by atoms with Gasteiger partial charge in [0, 0.05) is 18.7 Å². The molecule has 1 heterocycles. The van der Waals surface area contributed by atoms with Gasteiger partial charge in [-0.2, -0.15) is 26.3 Å². The SMILES string of the molecule is C#Cc1cc(C(F)(F)F)ccc1N1CCCC(C(F)(F)F)C1. The van der Waals surface area contributed by atoms with Crippen LogP contribution in [-0.2, 0) is 6.18 Å². The molecular weight excluding hydrogens is 308 g/mol. The first-order chi connectivity index (χ1) is 10.1. The molecule has 0 amide bonds. The van der Waals surface area contributed by atoms with E-state index in [1.807, 2.05) is 0 Å². The molecule has 0 spiro atoms. The van der Waals surface area contributed by atoms with E-state index in [1.165, 1.54) is 4.90 Å². The Hall–Kier alpha value is -1.84. The van der Waals surface area contributed by atoms with Crippen LogP contribution in [0.2, 0.25) is 0 Å². The predicted octanol–water partition coefficient (Wildman–Crippen LogP) is 4.47. The van der Waals surface area contributed by atoms with Crippen LogP contribution in [0.1, 0.15) is 24.0 Å². The Morgan fingerprint density at radius 3 is 2.36 bits per heavy atom. The first kappa shape index (κ1) is 16.5. The van der Waals surface area contributed by atoms with E-state index < -0.39 is 23.8 Å². The lowest BCUT2D eigenvalue weighted by Gasteiger charge is -2.36. The Kier molecular flexibility index (Phi) is 4.32. The number of rotatable bonds is 1. The largest absolute Gasteiger partial charge is 0.416 e. The molecule has 1 aliphatic heterocycles. The van der Waals surface area contributed by atoms with Crippen LogP contribution < -0.4 is 4.90 Å². The van der Waals surface area contributed by atoms with Crippen molar-refractivity contribution in [2.75, 3.05) is 18.0 Å². The summed E-state index contributed by atoms with van der Waals surface area (Å²) in [5.41, 5.74) is -0.712. The van der Waals surface area contributed by atoms with Crippen molar-refractivity contribution in [3.63, 3.8) is 0 Å². The Morgan fingerprint density at radius 1 is 1.14 bits per heavy atom. The molecule has 1 nitrogen and oxygen atoms in total. The lowest BCUT2D eigenvalue weighted by molar-refractivity contribution is -0.176. The maximum absolute atomic E-state index is 12.8. The number of nitrogens with zero attached hydrogens (tertiary/aromatic N) is 1. The van der Waals surface area contributed by atoms with E-state index in [1.54, 1.807) is 0 Å². The van der Waals surface area contributed by atoms with Crippen molar-refractivity contribution in [2.24, 2.45) is 5.92 Å². The molecule has 1 atom stereocenters. The van der Waals surface area contributed by atoms with Crippen LogP contribution in [0.4, 0.5) is 32.0 Å².